The molecule has 0 unspecified atom stereocenters. The third-order valence-corrected chi connectivity index (χ3v) is 5.84. The molecular weight excluding hydrogens is 387 g/mol. The van der Waals surface area contributed by atoms with Crippen molar-refractivity contribution in [2.24, 2.45) is 0 Å². The van der Waals surface area contributed by atoms with E-state index in [2.05, 4.69) is 0 Å². The van der Waals surface area contributed by atoms with Gasteiger partial charge in [-0.25, -0.2) is 17.6 Å². The summed E-state index contributed by atoms with van der Waals surface area (Å²) in [7, 11) is -3.34. The van der Waals surface area contributed by atoms with Gasteiger partial charge in [0.15, 0.2) is 14.9 Å². The molecule has 140 valence electrons. The monoisotopic (exact) mass is 404 g/mol. The van der Waals surface area contributed by atoms with Gasteiger partial charge in [-0.2, -0.15) is 0 Å². The molecule has 0 atom stereocenters. The Morgan fingerprint density at radius 2 is 1.59 bits per heavy atom. The van der Waals surface area contributed by atoms with E-state index >= 15 is 0 Å². The smallest absolute Gasteiger partial charge is 0.345 e. The van der Waals surface area contributed by atoms with E-state index in [4.69, 9.17) is 4.42 Å². The second-order valence-corrected chi connectivity index (χ2v) is 9.16. The zero-order valence-electron chi connectivity index (χ0n) is 14.7. The topological polar surface area (TPSA) is 64.3 Å². The second kappa shape index (κ2) is 7.70. The van der Waals surface area contributed by atoms with Gasteiger partial charge in [0.25, 0.3) is 0 Å². The van der Waals surface area contributed by atoms with Gasteiger partial charge < -0.3 is 4.42 Å². The third kappa shape index (κ3) is 4.31. The lowest BCUT2D eigenvalue weighted by molar-refractivity contribution is 0.425. The summed E-state index contributed by atoms with van der Waals surface area (Å²) in [6.45, 7) is 1.94. The second-order valence-electron chi connectivity index (χ2n) is 5.88. The first-order valence-corrected chi connectivity index (χ1v) is 11.0. The van der Waals surface area contributed by atoms with Crippen LogP contribution in [0.3, 0.4) is 0 Å². The predicted molar refractivity (Wildman–Crippen MR) is 105 cm³/mol. The summed E-state index contributed by atoms with van der Waals surface area (Å²) < 4.78 is 42.1. The summed E-state index contributed by atoms with van der Waals surface area (Å²) in [4.78, 5) is 12.8. The minimum absolute atomic E-state index is 0.164. The largest absolute Gasteiger partial charge is 0.416 e. The number of thioether (sulfide) groups is 1. The van der Waals surface area contributed by atoms with Crippen LogP contribution in [0.1, 0.15) is 6.92 Å². The van der Waals surface area contributed by atoms with Crippen LogP contribution >= 0.6 is 11.8 Å². The van der Waals surface area contributed by atoms with Crippen molar-refractivity contribution in [3.05, 3.63) is 70.8 Å². The van der Waals surface area contributed by atoms with E-state index in [9.17, 15) is 17.6 Å². The molecule has 3 rings (SSSR count). The molecule has 0 saturated carbocycles. The average molecular weight is 404 g/mol. The fraction of sp³-hybridized carbons (Fsp3) is 0.150. The van der Waals surface area contributed by atoms with Crippen LogP contribution in [-0.4, -0.2) is 20.4 Å². The number of benzene rings is 2. The molecule has 0 spiro atoms. The number of halogens is 1. The van der Waals surface area contributed by atoms with Crippen molar-refractivity contribution in [3.8, 4) is 22.3 Å². The fourth-order valence-corrected chi connectivity index (χ4v) is 3.94. The van der Waals surface area contributed by atoms with Gasteiger partial charge in [-0.3, -0.25) is 0 Å². The molecule has 4 nitrogen and oxygen atoms in total. The Morgan fingerprint density at radius 1 is 1.00 bits per heavy atom. The van der Waals surface area contributed by atoms with Crippen molar-refractivity contribution < 1.29 is 17.2 Å². The van der Waals surface area contributed by atoms with Gasteiger partial charge in [-0.15, -0.1) is 0 Å². The fourth-order valence-electron chi connectivity index (χ4n) is 2.68. The number of hydrogen-bond donors (Lipinski definition) is 0. The molecule has 1 aromatic heterocycles. The Kier molecular flexibility index (Phi) is 5.53. The van der Waals surface area contributed by atoms with E-state index in [0.29, 0.717) is 27.3 Å². The molecule has 3 aromatic rings. The molecule has 0 aliphatic rings. The van der Waals surface area contributed by atoms with E-state index in [1.165, 1.54) is 36.0 Å². The third-order valence-electron chi connectivity index (χ3n) is 3.94. The van der Waals surface area contributed by atoms with E-state index in [-0.39, 0.29) is 10.7 Å². The van der Waals surface area contributed by atoms with Crippen LogP contribution in [0.15, 0.2) is 73.8 Å². The lowest BCUT2D eigenvalue weighted by atomic mass is 9.97. The lowest BCUT2D eigenvalue weighted by Crippen LogP contribution is -2.06. The van der Waals surface area contributed by atoms with Gasteiger partial charge in [-0.05, 0) is 47.2 Å². The van der Waals surface area contributed by atoms with Crippen molar-refractivity contribution in [1.29, 1.82) is 0 Å². The molecule has 0 aliphatic heterocycles. The maximum Gasteiger partial charge on any atom is 0.345 e. The number of sulfone groups is 1. The Bertz CT molecular complexity index is 1120. The van der Waals surface area contributed by atoms with Gasteiger partial charge >= 0.3 is 5.63 Å². The summed E-state index contributed by atoms with van der Waals surface area (Å²) in [5.74, 6) is 0.359. The van der Waals surface area contributed by atoms with Crippen LogP contribution in [0, 0.1) is 5.82 Å². The molecule has 1 heterocycles. The van der Waals surface area contributed by atoms with Gasteiger partial charge in [0.1, 0.15) is 5.82 Å². The number of rotatable bonds is 5. The minimum Gasteiger partial charge on any atom is -0.416 e. The molecular formula is C20H17FO4S2. The van der Waals surface area contributed by atoms with Gasteiger partial charge in [0, 0.05) is 11.8 Å². The Labute approximate surface area is 161 Å². The zero-order chi connectivity index (χ0) is 19.6. The molecule has 0 N–H and O–H groups in total. The molecule has 0 aliphatic carbocycles. The normalized spacial score (nSPS) is 11.5. The van der Waals surface area contributed by atoms with E-state index in [1.807, 2.05) is 6.92 Å². The Balaban J connectivity index is 2.22. The van der Waals surface area contributed by atoms with Crippen molar-refractivity contribution in [3.63, 3.8) is 0 Å². The van der Waals surface area contributed by atoms with Crippen molar-refractivity contribution >= 4 is 21.6 Å². The maximum absolute atomic E-state index is 13.3. The van der Waals surface area contributed by atoms with Crippen LogP contribution in [0.25, 0.3) is 22.3 Å². The van der Waals surface area contributed by atoms with Crippen molar-refractivity contribution in [1.82, 2.24) is 0 Å². The summed E-state index contributed by atoms with van der Waals surface area (Å²) in [6.07, 6.45) is 1.12. The standard InChI is InChI=1S/C20H17FO4S2/c1-3-26-18-12-17(13-4-8-15(21)9-5-13)19(20(22)25-18)14-6-10-16(11-7-14)27(2,23)24/h4-12H,3H2,1-2H3. The highest BCUT2D eigenvalue weighted by Crippen LogP contribution is 2.33. The molecule has 0 amide bonds. The summed E-state index contributed by atoms with van der Waals surface area (Å²) >= 11 is 1.39. The van der Waals surface area contributed by atoms with Gasteiger partial charge in [0.2, 0.25) is 0 Å². The van der Waals surface area contributed by atoms with E-state index in [1.54, 1.807) is 30.3 Å². The molecule has 0 fully saturated rings. The van der Waals surface area contributed by atoms with E-state index < -0.39 is 15.5 Å². The average Bonchev–Trinajstić information content (AvgIpc) is 2.61. The highest BCUT2D eigenvalue weighted by molar-refractivity contribution is 7.99. The quantitative estimate of drug-likeness (QED) is 0.580. The molecule has 27 heavy (non-hydrogen) atoms. The van der Waals surface area contributed by atoms with Gasteiger partial charge in [-0.1, -0.05) is 43.0 Å². The Morgan fingerprint density at radius 3 is 2.15 bits per heavy atom. The molecule has 0 saturated heterocycles. The van der Waals surface area contributed by atoms with Crippen LogP contribution in [0.4, 0.5) is 4.39 Å². The zero-order valence-corrected chi connectivity index (χ0v) is 16.4. The summed E-state index contributed by atoms with van der Waals surface area (Å²) in [5.41, 5.74) is 1.59. The first kappa shape index (κ1) is 19.4. The summed E-state index contributed by atoms with van der Waals surface area (Å²) in [5, 5.41) is 0.471. The lowest BCUT2D eigenvalue weighted by Gasteiger charge is -2.11. The maximum atomic E-state index is 13.3. The van der Waals surface area contributed by atoms with Crippen LogP contribution in [0.2, 0.25) is 0 Å². The molecule has 0 radical (unpaired) electrons. The summed E-state index contributed by atoms with van der Waals surface area (Å²) in [6, 6.07) is 13.6. The molecule has 2 aromatic carbocycles. The minimum atomic E-state index is -3.34. The van der Waals surface area contributed by atoms with Crippen LogP contribution < -0.4 is 5.63 Å². The molecule has 0 bridgehead atoms. The van der Waals surface area contributed by atoms with Crippen LogP contribution in [0.5, 0.6) is 0 Å². The Hall–Kier alpha value is -2.38. The SMILES string of the molecule is CCSc1cc(-c2ccc(F)cc2)c(-c2ccc(S(C)(=O)=O)cc2)c(=O)o1. The van der Waals surface area contributed by atoms with Crippen molar-refractivity contribution in [2.45, 2.75) is 16.9 Å². The van der Waals surface area contributed by atoms with Gasteiger partial charge in [0.05, 0.1) is 10.5 Å². The van der Waals surface area contributed by atoms with Crippen LogP contribution in [-0.2, 0) is 9.84 Å². The first-order chi connectivity index (χ1) is 12.8. The first-order valence-electron chi connectivity index (χ1n) is 8.17. The highest BCUT2D eigenvalue weighted by Gasteiger charge is 2.17. The predicted octanol–water partition coefficient (Wildman–Crippen LogP) is 4.63. The molecule has 7 heteroatoms. The van der Waals surface area contributed by atoms with E-state index in [0.717, 1.165) is 12.0 Å². The highest BCUT2D eigenvalue weighted by atomic mass is 32.2. The van der Waals surface area contributed by atoms with Crippen molar-refractivity contribution in [2.75, 3.05) is 12.0 Å². The number of hydrogen-bond acceptors (Lipinski definition) is 5.